The Hall–Kier alpha value is -3.11. The van der Waals surface area contributed by atoms with Gasteiger partial charge in [-0.1, -0.05) is 60.1 Å². The van der Waals surface area contributed by atoms with E-state index in [4.69, 9.17) is 11.6 Å². The number of carbonyl (C=O) groups excluding carboxylic acids is 2. The summed E-state index contributed by atoms with van der Waals surface area (Å²) in [7, 11) is 0. The topological polar surface area (TPSA) is 49.4 Å². The Morgan fingerprint density at radius 3 is 2.37 bits per heavy atom. The molecule has 0 radical (unpaired) electrons. The van der Waals surface area contributed by atoms with Crippen molar-refractivity contribution in [2.75, 3.05) is 18.4 Å². The van der Waals surface area contributed by atoms with E-state index >= 15 is 0 Å². The Morgan fingerprint density at radius 2 is 1.60 bits per heavy atom. The normalized spacial score (nSPS) is 16.2. The lowest BCUT2D eigenvalue weighted by molar-refractivity contribution is -0.121. The zero-order valence-corrected chi connectivity index (χ0v) is 17.3. The van der Waals surface area contributed by atoms with Crippen LogP contribution in [0.2, 0.25) is 5.02 Å². The van der Waals surface area contributed by atoms with Gasteiger partial charge in [0.15, 0.2) is 0 Å². The molecule has 1 N–H and O–H groups in total. The van der Waals surface area contributed by atoms with Gasteiger partial charge in [-0.25, -0.2) is 0 Å². The van der Waals surface area contributed by atoms with Crippen LogP contribution in [0.25, 0.3) is 11.1 Å². The van der Waals surface area contributed by atoms with Crippen LogP contribution in [0.15, 0.2) is 78.9 Å². The molecule has 30 heavy (non-hydrogen) atoms. The fraction of sp³-hybridized carbons (Fsp3) is 0.200. The number of hydrogen-bond donors (Lipinski definition) is 1. The maximum Gasteiger partial charge on any atom is 0.253 e. The van der Waals surface area contributed by atoms with E-state index in [0.717, 1.165) is 29.7 Å². The molecule has 5 heteroatoms. The predicted molar refractivity (Wildman–Crippen MR) is 121 cm³/mol. The van der Waals surface area contributed by atoms with E-state index in [1.54, 1.807) is 29.2 Å². The summed E-state index contributed by atoms with van der Waals surface area (Å²) in [5.74, 6) is -0.348. The van der Waals surface area contributed by atoms with Crippen LogP contribution in [0.3, 0.4) is 0 Å². The van der Waals surface area contributed by atoms with E-state index in [-0.39, 0.29) is 17.7 Å². The molecule has 1 fully saturated rings. The van der Waals surface area contributed by atoms with Gasteiger partial charge >= 0.3 is 0 Å². The second-order valence-electron chi connectivity index (χ2n) is 7.50. The third-order valence-corrected chi connectivity index (χ3v) is 5.69. The highest BCUT2D eigenvalue weighted by atomic mass is 35.5. The Kier molecular flexibility index (Phi) is 6.15. The summed E-state index contributed by atoms with van der Waals surface area (Å²) < 4.78 is 0. The third-order valence-electron chi connectivity index (χ3n) is 5.44. The summed E-state index contributed by atoms with van der Waals surface area (Å²) >= 11 is 5.92. The molecule has 3 aromatic carbocycles. The molecule has 4 nitrogen and oxygen atoms in total. The molecule has 0 aromatic heterocycles. The summed E-state index contributed by atoms with van der Waals surface area (Å²) in [6, 6.07) is 24.7. The first-order valence-electron chi connectivity index (χ1n) is 10.1. The molecule has 1 unspecified atom stereocenters. The first kappa shape index (κ1) is 20.2. The largest absolute Gasteiger partial charge is 0.338 e. The second-order valence-corrected chi connectivity index (χ2v) is 7.93. The molecule has 0 spiro atoms. The monoisotopic (exact) mass is 418 g/mol. The minimum Gasteiger partial charge on any atom is -0.338 e. The number of nitrogens with one attached hydrogen (secondary N) is 1. The lowest BCUT2D eigenvalue weighted by atomic mass is 9.95. The van der Waals surface area contributed by atoms with Crippen molar-refractivity contribution in [2.24, 2.45) is 5.92 Å². The molecule has 1 aliphatic rings. The van der Waals surface area contributed by atoms with Gasteiger partial charge in [-0.2, -0.15) is 0 Å². The van der Waals surface area contributed by atoms with E-state index in [2.05, 4.69) is 5.32 Å². The molecule has 1 aliphatic heterocycles. The standard InChI is InChI=1S/C25H23ClN2O2/c26-21-14-12-19(13-15-21)25(30)28-16-6-9-20(17-28)24(29)27-23-11-5-4-10-22(23)18-7-2-1-3-8-18/h1-5,7-8,10-15,20H,6,9,16-17H2,(H,27,29). The van der Waals surface area contributed by atoms with Crippen molar-refractivity contribution < 1.29 is 9.59 Å². The molecule has 0 aliphatic carbocycles. The van der Waals surface area contributed by atoms with Crippen molar-refractivity contribution >= 4 is 29.1 Å². The number of piperidine rings is 1. The quantitative estimate of drug-likeness (QED) is 0.608. The van der Waals surface area contributed by atoms with Gasteiger partial charge in [0.1, 0.15) is 0 Å². The SMILES string of the molecule is O=C(Nc1ccccc1-c1ccccc1)C1CCCN(C(=O)c2ccc(Cl)cc2)C1. The smallest absolute Gasteiger partial charge is 0.253 e. The molecule has 0 saturated carbocycles. The Bertz CT molecular complexity index is 1030. The zero-order valence-electron chi connectivity index (χ0n) is 16.6. The van der Waals surface area contributed by atoms with Crippen molar-refractivity contribution in [1.29, 1.82) is 0 Å². The molecule has 3 aromatic rings. The third kappa shape index (κ3) is 4.55. The van der Waals surface area contributed by atoms with Crippen LogP contribution < -0.4 is 5.32 Å². The van der Waals surface area contributed by atoms with Gasteiger partial charge in [0.05, 0.1) is 5.92 Å². The van der Waals surface area contributed by atoms with Crippen molar-refractivity contribution in [3.05, 3.63) is 89.4 Å². The number of anilines is 1. The first-order chi connectivity index (χ1) is 14.6. The number of benzene rings is 3. The van der Waals surface area contributed by atoms with Gasteiger partial charge in [-0.3, -0.25) is 9.59 Å². The maximum atomic E-state index is 13.0. The summed E-state index contributed by atoms with van der Waals surface area (Å²) in [6.45, 7) is 1.08. The molecule has 1 heterocycles. The van der Waals surface area contributed by atoms with E-state index in [1.165, 1.54) is 0 Å². The van der Waals surface area contributed by atoms with Gasteiger partial charge in [-0.15, -0.1) is 0 Å². The average Bonchev–Trinajstić information content (AvgIpc) is 2.80. The van der Waals surface area contributed by atoms with Crippen LogP contribution in [0.4, 0.5) is 5.69 Å². The average molecular weight is 419 g/mol. The fourth-order valence-electron chi connectivity index (χ4n) is 3.85. The number of nitrogens with zero attached hydrogens (tertiary/aromatic N) is 1. The molecular weight excluding hydrogens is 396 g/mol. The van der Waals surface area contributed by atoms with E-state index in [1.807, 2.05) is 54.6 Å². The lowest BCUT2D eigenvalue weighted by Crippen LogP contribution is -2.43. The molecule has 4 rings (SSSR count). The van der Waals surface area contributed by atoms with E-state index in [0.29, 0.717) is 23.7 Å². The summed E-state index contributed by atoms with van der Waals surface area (Å²) in [4.78, 5) is 27.6. The number of para-hydroxylation sites is 1. The fourth-order valence-corrected chi connectivity index (χ4v) is 3.97. The van der Waals surface area contributed by atoms with Crippen molar-refractivity contribution in [3.63, 3.8) is 0 Å². The van der Waals surface area contributed by atoms with Gasteiger partial charge in [0.2, 0.25) is 5.91 Å². The summed E-state index contributed by atoms with van der Waals surface area (Å²) in [6.07, 6.45) is 1.57. The molecular formula is C25H23ClN2O2. The highest BCUT2D eigenvalue weighted by Crippen LogP contribution is 2.29. The Balaban J connectivity index is 1.47. The maximum absolute atomic E-state index is 13.0. The van der Waals surface area contributed by atoms with Crippen molar-refractivity contribution in [1.82, 2.24) is 4.90 Å². The zero-order chi connectivity index (χ0) is 20.9. The van der Waals surface area contributed by atoms with Crippen LogP contribution in [-0.4, -0.2) is 29.8 Å². The minimum absolute atomic E-state index is 0.0491. The number of hydrogen-bond acceptors (Lipinski definition) is 2. The molecule has 152 valence electrons. The number of likely N-dealkylation sites (tertiary alicyclic amines) is 1. The Labute approximate surface area is 181 Å². The van der Waals surface area contributed by atoms with Crippen LogP contribution in [0, 0.1) is 5.92 Å². The van der Waals surface area contributed by atoms with Crippen LogP contribution in [0.1, 0.15) is 23.2 Å². The lowest BCUT2D eigenvalue weighted by Gasteiger charge is -2.32. The number of amides is 2. The highest BCUT2D eigenvalue weighted by Gasteiger charge is 2.29. The number of rotatable bonds is 4. The van der Waals surface area contributed by atoms with Crippen molar-refractivity contribution in [3.8, 4) is 11.1 Å². The van der Waals surface area contributed by atoms with Crippen molar-refractivity contribution in [2.45, 2.75) is 12.8 Å². The van der Waals surface area contributed by atoms with Gasteiger partial charge in [-0.05, 0) is 48.7 Å². The van der Waals surface area contributed by atoms with Gasteiger partial charge < -0.3 is 10.2 Å². The first-order valence-corrected chi connectivity index (χ1v) is 10.5. The number of halogens is 1. The predicted octanol–water partition coefficient (Wildman–Crippen LogP) is 5.50. The van der Waals surface area contributed by atoms with E-state index in [9.17, 15) is 9.59 Å². The van der Waals surface area contributed by atoms with Crippen LogP contribution in [-0.2, 0) is 4.79 Å². The van der Waals surface area contributed by atoms with Gasteiger partial charge in [0, 0.05) is 34.9 Å². The Morgan fingerprint density at radius 1 is 0.900 bits per heavy atom. The summed E-state index contributed by atoms with van der Waals surface area (Å²) in [5, 5.41) is 3.69. The van der Waals surface area contributed by atoms with Crippen LogP contribution in [0.5, 0.6) is 0 Å². The molecule has 0 bridgehead atoms. The van der Waals surface area contributed by atoms with Crippen LogP contribution >= 0.6 is 11.6 Å². The molecule has 1 saturated heterocycles. The minimum atomic E-state index is -0.237. The highest BCUT2D eigenvalue weighted by molar-refractivity contribution is 6.30. The molecule has 1 atom stereocenters. The number of carbonyl (C=O) groups is 2. The van der Waals surface area contributed by atoms with Gasteiger partial charge in [0.25, 0.3) is 5.91 Å². The summed E-state index contributed by atoms with van der Waals surface area (Å²) in [5.41, 5.74) is 3.41. The van der Waals surface area contributed by atoms with E-state index < -0.39 is 0 Å². The molecule has 2 amide bonds. The second kappa shape index (κ2) is 9.14.